The Morgan fingerprint density at radius 2 is 2.25 bits per heavy atom. The van der Waals surface area contributed by atoms with Crippen molar-refractivity contribution in [2.24, 2.45) is 0 Å². The fourth-order valence-corrected chi connectivity index (χ4v) is 0.516. The third kappa shape index (κ3) is 1.08. The van der Waals surface area contributed by atoms with Crippen LogP contribution in [0.4, 0.5) is 0 Å². The Morgan fingerprint density at radius 3 is 2.62 bits per heavy atom. The van der Waals surface area contributed by atoms with Crippen LogP contribution < -0.4 is 5.48 Å². The molecule has 1 N–H and O–H groups in total. The van der Waals surface area contributed by atoms with Crippen molar-refractivity contribution >= 4 is 23.2 Å². The number of nitrogens with one attached hydrogen (secondary N) is 1. The Bertz CT molecular complexity index is 152. The summed E-state index contributed by atoms with van der Waals surface area (Å²) in [6, 6.07) is 0. The van der Waals surface area contributed by atoms with E-state index in [2.05, 4.69) is 10.3 Å². The van der Waals surface area contributed by atoms with Gasteiger partial charge in [0.05, 0.1) is 5.03 Å². The lowest BCUT2D eigenvalue weighted by atomic mass is 10.6. The fraction of sp³-hybridized carbons (Fsp3) is 0. The second-order valence-corrected chi connectivity index (χ2v) is 1.93. The molecule has 4 heteroatoms. The van der Waals surface area contributed by atoms with Crippen LogP contribution in [0.3, 0.4) is 0 Å². The zero-order chi connectivity index (χ0) is 5.98. The second kappa shape index (κ2) is 2.29. The summed E-state index contributed by atoms with van der Waals surface area (Å²) in [4.78, 5) is 4.57. The van der Waals surface area contributed by atoms with Crippen LogP contribution in [0.5, 0.6) is 0 Å². The molecule has 0 aromatic carbocycles. The van der Waals surface area contributed by atoms with Crippen molar-refractivity contribution in [3.63, 3.8) is 0 Å². The number of halogens is 2. The van der Waals surface area contributed by atoms with E-state index < -0.39 is 0 Å². The van der Waals surface area contributed by atoms with Crippen molar-refractivity contribution in [1.29, 1.82) is 0 Å². The largest absolute Gasteiger partial charge is 0.369 e. The van der Waals surface area contributed by atoms with E-state index in [1.807, 2.05) is 0 Å². The van der Waals surface area contributed by atoms with Crippen molar-refractivity contribution in [3.8, 4) is 0 Å². The summed E-state index contributed by atoms with van der Waals surface area (Å²) in [7, 11) is 0. The number of allylic oxidation sites excluding steroid dienone is 2. The monoisotopic (exact) mass is 151 g/mol. The first-order valence-electron chi connectivity index (χ1n) is 1.95. The molecule has 1 aliphatic rings. The SMILES string of the molecule is ClC1=C(Cl)ONC=C1. The summed E-state index contributed by atoms with van der Waals surface area (Å²) < 4.78 is 0. The van der Waals surface area contributed by atoms with E-state index in [0.717, 1.165) is 0 Å². The highest BCUT2D eigenvalue weighted by Gasteiger charge is 2.01. The van der Waals surface area contributed by atoms with Crippen LogP contribution in [0, 0.1) is 0 Å². The van der Waals surface area contributed by atoms with E-state index in [0.29, 0.717) is 5.03 Å². The highest BCUT2D eigenvalue weighted by Crippen LogP contribution is 2.17. The van der Waals surface area contributed by atoms with Gasteiger partial charge in [0.1, 0.15) is 0 Å². The van der Waals surface area contributed by atoms with E-state index in [-0.39, 0.29) is 5.22 Å². The summed E-state index contributed by atoms with van der Waals surface area (Å²) in [6.45, 7) is 0. The van der Waals surface area contributed by atoms with Gasteiger partial charge in [0.2, 0.25) is 5.22 Å². The molecule has 1 rings (SSSR count). The van der Waals surface area contributed by atoms with Gasteiger partial charge >= 0.3 is 0 Å². The predicted molar refractivity (Wildman–Crippen MR) is 32.1 cm³/mol. The van der Waals surface area contributed by atoms with Gasteiger partial charge in [-0.3, -0.25) is 0 Å². The molecule has 0 aromatic rings. The molecule has 0 aliphatic carbocycles. The standard InChI is InChI=1S/C4H3Cl2NO/c5-3-1-2-7-8-4(3)6/h1-2,7H. The smallest absolute Gasteiger partial charge is 0.240 e. The molecule has 0 atom stereocenters. The van der Waals surface area contributed by atoms with Gasteiger partial charge in [-0.25, -0.2) is 5.48 Å². The van der Waals surface area contributed by atoms with Crippen molar-refractivity contribution < 1.29 is 4.84 Å². The maximum absolute atomic E-state index is 5.46. The Labute approximate surface area is 56.7 Å². The second-order valence-electron chi connectivity index (χ2n) is 1.17. The minimum atomic E-state index is 0.175. The van der Waals surface area contributed by atoms with Gasteiger partial charge in [0.15, 0.2) is 0 Å². The van der Waals surface area contributed by atoms with Crippen LogP contribution in [-0.2, 0) is 4.84 Å². The van der Waals surface area contributed by atoms with Gasteiger partial charge in [-0.05, 0) is 17.7 Å². The minimum absolute atomic E-state index is 0.175. The fourth-order valence-electron chi connectivity index (χ4n) is 0.307. The maximum Gasteiger partial charge on any atom is 0.240 e. The van der Waals surface area contributed by atoms with Crippen molar-refractivity contribution in [2.75, 3.05) is 0 Å². The molecule has 0 unspecified atom stereocenters. The highest BCUT2D eigenvalue weighted by atomic mass is 35.5. The zero-order valence-electron chi connectivity index (χ0n) is 3.82. The maximum atomic E-state index is 5.46. The molecule has 2 nitrogen and oxygen atoms in total. The van der Waals surface area contributed by atoms with Crippen LogP contribution in [-0.4, -0.2) is 0 Å². The topological polar surface area (TPSA) is 21.3 Å². The molecule has 44 valence electrons. The average molecular weight is 152 g/mol. The molecule has 0 saturated heterocycles. The first kappa shape index (κ1) is 5.79. The predicted octanol–water partition coefficient (Wildman–Crippen LogP) is 1.68. The van der Waals surface area contributed by atoms with Gasteiger partial charge < -0.3 is 4.84 Å². The molecule has 0 amide bonds. The zero-order valence-corrected chi connectivity index (χ0v) is 5.33. The van der Waals surface area contributed by atoms with Crippen LogP contribution in [0.2, 0.25) is 0 Å². The van der Waals surface area contributed by atoms with Gasteiger partial charge in [-0.15, -0.1) is 0 Å². The third-order valence-electron chi connectivity index (χ3n) is 0.634. The van der Waals surface area contributed by atoms with Crippen molar-refractivity contribution in [1.82, 2.24) is 5.48 Å². The summed E-state index contributed by atoms with van der Waals surface area (Å²) in [5, 5.41) is 0.583. The van der Waals surface area contributed by atoms with Crippen LogP contribution in [0.25, 0.3) is 0 Å². The summed E-state index contributed by atoms with van der Waals surface area (Å²) >= 11 is 10.8. The molecule has 0 bridgehead atoms. The molecule has 0 fully saturated rings. The minimum Gasteiger partial charge on any atom is -0.369 e. The first-order valence-corrected chi connectivity index (χ1v) is 2.70. The highest BCUT2D eigenvalue weighted by molar-refractivity contribution is 6.39. The lowest BCUT2D eigenvalue weighted by Gasteiger charge is -2.06. The number of hydroxylamine groups is 1. The Morgan fingerprint density at radius 1 is 1.50 bits per heavy atom. The van der Waals surface area contributed by atoms with Gasteiger partial charge in [-0.1, -0.05) is 11.6 Å². The molecule has 0 spiro atoms. The molecule has 0 aromatic heterocycles. The molecule has 1 heterocycles. The molecule has 8 heavy (non-hydrogen) atoms. The lowest BCUT2D eigenvalue weighted by molar-refractivity contribution is 0.159. The van der Waals surface area contributed by atoms with Gasteiger partial charge in [-0.2, -0.15) is 0 Å². The summed E-state index contributed by atoms with van der Waals surface area (Å²) in [5.41, 5.74) is 2.41. The molecular formula is C4H3Cl2NO. The summed E-state index contributed by atoms with van der Waals surface area (Å²) in [5.74, 6) is 0. The third-order valence-corrected chi connectivity index (χ3v) is 1.31. The molecule has 1 aliphatic heterocycles. The molecule has 0 radical (unpaired) electrons. The quantitative estimate of drug-likeness (QED) is 0.570. The number of hydrogen-bond acceptors (Lipinski definition) is 2. The number of hydrogen-bond donors (Lipinski definition) is 1. The molecule has 0 saturated carbocycles. The lowest BCUT2D eigenvalue weighted by Crippen LogP contribution is -2.07. The van der Waals surface area contributed by atoms with Crippen LogP contribution in [0.1, 0.15) is 0 Å². The average Bonchev–Trinajstić information content (AvgIpc) is 1.77. The van der Waals surface area contributed by atoms with Gasteiger partial charge in [0.25, 0.3) is 0 Å². The number of rotatable bonds is 0. The Kier molecular flexibility index (Phi) is 1.65. The van der Waals surface area contributed by atoms with E-state index >= 15 is 0 Å². The van der Waals surface area contributed by atoms with E-state index in [9.17, 15) is 0 Å². The van der Waals surface area contributed by atoms with E-state index in [4.69, 9.17) is 23.2 Å². The van der Waals surface area contributed by atoms with Crippen molar-refractivity contribution in [3.05, 3.63) is 22.5 Å². The van der Waals surface area contributed by atoms with Crippen LogP contribution >= 0.6 is 23.2 Å². The van der Waals surface area contributed by atoms with Crippen molar-refractivity contribution in [2.45, 2.75) is 0 Å². The van der Waals surface area contributed by atoms with E-state index in [1.54, 1.807) is 12.3 Å². The van der Waals surface area contributed by atoms with Gasteiger partial charge in [0, 0.05) is 6.20 Å². The first-order chi connectivity index (χ1) is 3.80. The summed E-state index contributed by atoms with van der Waals surface area (Å²) in [6.07, 6.45) is 3.15. The van der Waals surface area contributed by atoms with E-state index in [1.165, 1.54) is 0 Å². The Hall–Kier alpha value is -0.340. The molecular weight excluding hydrogens is 149 g/mol. The normalized spacial score (nSPS) is 17.8. The Balaban J connectivity index is 2.76. The van der Waals surface area contributed by atoms with Crippen LogP contribution in [0.15, 0.2) is 22.5 Å².